The first-order valence-electron chi connectivity index (χ1n) is 12.3. The fourth-order valence-corrected chi connectivity index (χ4v) is 3.79. The van der Waals surface area contributed by atoms with Crippen molar-refractivity contribution < 1.29 is 9.47 Å². The number of nitrogens with zero attached hydrogens (tertiary/aromatic N) is 3. The third-order valence-corrected chi connectivity index (χ3v) is 5.54. The van der Waals surface area contributed by atoms with E-state index in [-0.39, 0.29) is 5.60 Å². The summed E-state index contributed by atoms with van der Waals surface area (Å²) in [7, 11) is 0. The van der Waals surface area contributed by atoms with Crippen LogP contribution in [0.2, 0.25) is 0 Å². The number of ether oxygens (including phenoxy) is 2. The van der Waals surface area contributed by atoms with E-state index in [1.165, 1.54) is 24.9 Å². The van der Waals surface area contributed by atoms with Crippen molar-refractivity contribution in [3.8, 4) is 23.1 Å². The van der Waals surface area contributed by atoms with Crippen molar-refractivity contribution in [2.75, 3.05) is 24.6 Å². The fraction of sp³-hybridized carbons (Fsp3) is 0.571. The van der Waals surface area contributed by atoms with Gasteiger partial charge in [0.25, 0.3) is 0 Å². The highest BCUT2D eigenvalue weighted by atomic mass is 16.5. The van der Waals surface area contributed by atoms with Crippen LogP contribution in [-0.2, 0) is 4.74 Å². The third kappa shape index (κ3) is 8.05. The van der Waals surface area contributed by atoms with Gasteiger partial charge in [0.1, 0.15) is 17.2 Å². The number of nitriles is 1. The van der Waals surface area contributed by atoms with Gasteiger partial charge >= 0.3 is 0 Å². The SMILES string of the molecule is CC.CC(C)(C)OCCC(C)(C)Oc1nccc(-c2ccc(N3CCCCC3)cc2)c1C#N. The average molecular weight is 452 g/mol. The molecule has 1 aromatic heterocycles. The smallest absolute Gasteiger partial charge is 0.232 e. The lowest BCUT2D eigenvalue weighted by Crippen LogP contribution is -2.32. The molecule has 0 N–H and O–H groups in total. The molecule has 0 saturated carbocycles. The highest BCUT2D eigenvalue weighted by Gasteiger charge is 2.25. The monoisotopic (exact) mass is 451 g/mol. The van der Waals surface area contributed by atoms with E-state index >= 15 is 0 Å². The zero-order chi connectivity index (χ0) is 24.5. The Morgan fingerprint density at radius 3 is 2.18 bits per heavy atom. The molecule has 33 heavy (non-hydrogen) atoms. The van der Waals surface area contributed by atoms with Crippen molar-refractivity contribution >= 4 is 5.69 Å². The van der Waals surface area contributed by atoms with Crippen molar-refractivity contribution in [1.29, 1.82) is 5.26 Å². The predicted octanol–water partition coefficient (Wildman–Crippen LogP) is 7.00. The van der Waals surface area contributed by atoms with Gasteiger partial charge in [-0.25, -0.2) is 4.98 Å². The summed E-state index contributed by atoms with van der Waals surface area (Å²) in [6, 6.07) is 12.7. The molecule has 1 aliphatic rings. The van der Waals surface area contributed by atoms with Crippen LogP contribution >= 0.6 is 0 Å². The molecule has 0 unspecified atom stereocenters. The molecule has 1 aromatic carbocycles. The average Bonchev–Trinajstić information content (AvgIpc) is 2.79. The van der Waals surface area contributed by atoms with Crippen LogP contribution in [0.4, 0.5) is 5.69 Å². The molecule has 5 nitrogen and oxygen atoms in total. The number of hydrogen-bond acceptors (Lipinski definition) is 5. The molecule has 0 radical (unpaired) electrons. The molecule has 0 amide bonds. The van der Waals surface area contributed by atoms with Crippen LogP contribution < -0.4 is 9.64 Å². The van der Waals surface area contributed by atoms with Crippen molar-refractivity contribution in [2.24, 2.45) is 0 Å². The molecule has 0 bridgehead atoms. The second-order valence-corrected chi connectivity index (χ2v) is 9.82. The minimum atomic E-state index is -0.499. The summed E-state index contributed by atoms with van der Waals surface area (Å²) in [6.07, 6.45) is 6.24. The van der Waals surface area contributed by atoms with Gasteiger partial charge in [0.2, 0.25) is 5.88 Å². The van der Waals surface area contributed by atoms with Crippen LogP contribution in [0.15, 0.2) is 36.5 Å². The van der Waals surface area contributed by atoms with Crippen LogP contribution in [0.3, 0.4) is 0 Å². The number of piperidine rings is 1. The summed E-state index contributed by atoms with van der Waals surface area (Å²) in [4.78, 5) is 6.81. The van der Waals surface area contributed by atoms with Gasteiger partial charge in [-0.05, 0) is 77.6 Å². The van der Waals surface area contributed by atoms with Crippen molar-refractivity contribution in [3.05, 3.63) is 42.1 Å². The molecule has 1 saturated heterocycles. The van der Waals surface area contributed by atoms with Crippen LogP contribution in [-0.4, -0.2) is 35.9 Å². The van der Waals surface area contributed by atoms with Crippen molar-refractivity contribution in [1.82, 2.24) is 4.98 Å². The van der Waals surface area contributed by atoms with Gasteiger partial charge in [-0.2, -0.15) is 5.26 Å². The first-order valence-corrected chi connectivity index (χ1v) is 12.3. The summed E-state index contributed by atoms with van der Waals surface area (Å²) in [5.41, 5.74) is 2.87. The molecule has 5 heteroatoms. The lowest BCUT2D eigenvalue weighted by atomic mass is 10.0. The van der Waals surface area contributed by atoms with Crippen LogP contribution in [0.5, 0.6) is 5.88 Å². The predicted molar refractivity (Wildman–Crippen MR) is 137 cm³/mol. The summed E-state index contributed by atoms with van der Waals surface area (Å²) >= 11 is 0. The van der Waals surface area contributed by atoms with E-state index in [9.17, 15) is 5.26 Å². The van der Waals surface area contributed by atoms with Crippen LogP contribution in [0, 0.1) is 11.3 Å². The van der Waals surface area contributed by atoms with E-state index < -0.39 is 5.60 Å². The number of benzene rings is 1. The number of aromatic nitrogens is 1. The van der Waals surface area contributed by atoms with Crippen LogP contribution in [0.25, 0.3) is 11.1 Å². The molecule has 2 aromatic rings. The summed E-state index contributed by atoms with van der Waals surface area (Å²) in [5.74, 6) is 0.376. The quantitative estimate of drug-likeness (QED) is 0.453. The van der Waals surface area contributed by atoms with E-state index in [1.807, 2.05) is 54.5 Å². The van der Waals surface area contributed by atoms with Gasteiger partial charge in [0, 0.05) is 37.0 Å². The highest BCUT2D eigenvalue weighted by molar-refractivity contribution is 5.73. The third-order valence-electron chi connectivity index (χ3n) is 5.54. The fourth-order valence-electron chi connectivity index (χ4n) is 3.79. The van der Waals surface area contributed by atoms with Crippen molar-refractivity contribution in [3.63, 3.8) is 0 Å². The van der Waals surface area contributed by atoms with Gasteiger partial charge < -0.3 is 14.4 Å². The van der Waals surface area contributed by atoms with Gasteiger partial charge in [0.15, 0.2) is 0 Å². The molecular formula is C28H41N3O2. The molecule has 2 heterocycles. The first-order chi connectivity index (χ1) is 15.7. The Hall–Kier alpha value is -2.58. The minimum absolute atomic E-state index is 0.188. The molecule has 3 rings (SSSR count). The normalized spacial score (nSPS) is 14.2. The Morgan fingerprint density at radius 1 is 0.970 bits per heavy atom. The zero-order valence-electron chi connectivity index (χ0n) is 21.6. The summed E-state index contributed by atoms with van der Waals surface area (Å²) < 4.78 is 12.0. The van der Waals surface area contributed by atoms with E-state index in [4.69, 9.17) is 9.47 Å². The summed E-state index contributed by atoms with van der Waals surface area (Å²) in [5, 5.41) is 9.90. The Bertz CT molecular complexity index is 902. The highest BCUT2D eigenvalue weighted by Crippen LogP contribution is 2.32. The first kappa shape index (κ1) is 26.7. The Balaban J connectivity index is 0.00000187. The Morgan fingerprint density at radius 2 is 1.61 bits per heavy atom. The van der Waals surface area contributed by atoms with E-state index in [2.05, 4.69) is 40.2 Å². The maximum atomic E-state index is 9.90. The molecule has 1 aliphatic heterocycles. The zero-order valence-corrected chi connectivity index (χ0v) is 21.6. The van der Waals surface area contributed by atoms with E-state index in [0.717, 1.165) is 24.2 Å². The Labute approximate surface area is 200 Å². The molecule has 0 spiro atoms. The maximum Gasteiger partial charge on any atom is 0.232 e. The van der Waals surface area contributed by atoms with Gasteiger partial charge in [-0.3, -0.25) is 0 Å². The topological polar surface area (TPSA) is 58.4 Å². The second-order valence-electron chi connectivity index (χ2n) is 9.82. The minimum Gasteiger partial charge on any atom is -0.471 e. The van der Waals surface area contributed by atoms with Crippen LogP contribution in [0.1, 0.15) is 79.7 Å². The molecule has 180 valence electrons. The van der Waals surface area contributed by atoms with Crippen molar-refractivity contribution in [2.45, 2.75) is 85.4 Å². The van der Waals surface area contributed by atoms with E-state index in [0.29, 0.717) is 24.5 Å². The Kier molecular flexibility index (Phi) is 9.73. The van der Waals surface area contributed by atoms with Gasteiger partial charge in [0.05, 0.1) is 12.2 Å². The number of anilines is 1. The molecule has 0 aliphatic carbocycles. The molecular weight excluding hydrogens is 410 g/mol. The van der Waals surface area contributed by atoms with E-state index in [1.54, 1.807) is 6.20 Å². The number of rotatable bonds is 7. The second kappa shape index (κ2) is 12.0. The molecule has 1 fully saturated rings. The largest absolute Gasteiger partial charge is 0.471 e. The maximum absolute atomic E-state index is 9.90. The molecule has 0 atom stereocenters. The summed E-state index contributed by atoms with van der Waals surface area (Å²) in [6.45, 7) is 16.9. The van der Waals surface area contributed by atoms with Gasteiger partial charge in [-0.15, -0.1) is 0 Å². The number of hydrogen-bond donors (Lipinski definition) is 0. The lowest BCUT2D eigenvalue weighted by molar-refractivity contribution is -0.0300. The number of pyridine rings is 1. The standard InChI is InChI=1S/C26H35N3O2.C2H6/c1-25(2,3)30-18-14-26(4,5)31-24-23(19-27)22(13-15-28-24)20-9-11-21(12-10-20)29-16-7-6-8-17-29;1-2/h9-13,15H,6-8,14,16-18H2,1-5H3;1-2H3. The van der Waals surface area contributed by atoms with Gasteiger partial charge in [-0.1, -0.05) is 26.0 Å². The lowest BCUT2D eigenvalue weighted by Gasteiger charge is -2.29.